The lowest BCUT2D eigenvalue weighted by atomic mass is 10.1. The molecule has 104 valence electrons. The monoisotopic (exact) mass is 261 g/mol. The zero-order valence-corrected chi connectivity index (χ0v) is 12.0. The van der Waals surface area contributed by atoms with E-state index in [0.29, 0.717) is 0 Å². The van der Waals surface area contributed by atoms with E-state index in [2.05, 4.69) is 58.9 Å². The molecule has 3 N–H and O–H groups in total. The first-order valence-electron chi connectivity index (χ1n) is 6.80. The average Bonchev–Trinajstić information content (AvgIpc) is 2.79. The summed E-state index contributed by atoms with van der Waals surface area (Å²) >= 11 is 0. The van der Waals surface area contributed by atoms with Crippen molar-refractivity contribution in [3.05, 3.63) is 23.8 Å². The summed E-state index contributed by atoms with van der Waals surface area (Å²) in [6.07, 6.45) is 1.13. The smallest absolute Gasteiger partial charge is 0.113 e. The van der Waals surface area contributed by atoms with Gasteiger partial charge in [0.25, 0.3) is 0 Å². The van der Waals surface area contributed by atoms with E-state index >= 15 is 0 Å². The fraction of sp³-hybridized carbons (Fsp3) is 0.571. The molecular weight excluding hydrogens is 238 g/mol. The standard InChI is InChI=1S/C14H23N5/c1-14(2,3)16-8-4-7-15-10-11-5-6-12-13(9-11)18-19-17-12/h5-6,9,15-16H,4,7-8,10H2,1-3H3,(H,17,18,19). The highest BCUT2D eigenvalue weighted by molar-refractivity contribution is 5.74. The first-order chi connectivity index (χ1) is 9.04. The van der Waals surface area contributed by atoms with Crippen LogP contribution in [0.2, 0.25) is 0 Å². The van der Waals surface area contributed by atoms with Crippen LogP contribution in [-0.2, 0) is 6.54 Å². The van der Waals surface area contributed by atoms with Gasteiger partial charge >= 0.3 is 0 Å². The van der Waals surface area contributed by atoms with E-state index in [0.717, 1.165) is 37.1 Å². The zero-order valence-electron chi connectivity index (χ0n) is 12.0. The third-order valence-electron chi connectivity index (χ3n) is 2.90. The Bertz CT molecular complexity index is 512. The molecule has 2 aromatic rings. The van der Waals surface area contributed by atoms with Crippen molar-refractivity contribution in [3.63, 3.8) is 0 Å². The number of nitrogens with zero attached hydrogens (tertiary/aromatic N) is 2. The Hall–Kier alpha value is -1.46. The first kappa shape index (κ1) is 14.0. The third-order valence-corrected chi connectivity index (χ3v) is 2.90. The van der Waals surface area contributed by atoms with Gasteiger partial charge in [-0.2, -0.15) is 15.4 Å². The molecule has 0 amide bonds. The minimum atomic E-state index is 0.206. The number of aromatic nitrogens is 3. The second kappa shape index (κ2) is 6.12. The van der Waals surface area contributed by atoms with Gasteiger partial charge in [0.2, 0.25) is 0 Å². The molecule has 0 unspecified atom stereocenters. The Morgan fingerprint density at radius 3 is 2.68 bits per heavy atom. The molecule has 19 heavy (non-hydrogen) atoms. The summed E-state index contributed by atoms with van der Waals surface area (Å²) in [5.74, 6) is 0. The third kappa shape index (κ3) is 4.61. The number of aromatic amines is 1. The fourth-order valence-corrected chi connectivity index (χ4v) is 1.91. The van der Waals surface area contributed by atoms with Crippen LogP contribution in [0.25, 0.3) is 11.0 Å². The highest BCUT2D eigenvalue weighted by Crippen LogP contribution is 2.10. The molecule has 0 spiro atoms. The Balaban J connectivity index is 1.68. The lowest BCUT2D eigenvalue weighted by molar-refractivity contribution is 0.418. The predicted molar refractivity (Wildman–Crippen MR) is 78.0 cm³/mol. The van der Waals surface area contributed by atoms with Gasteiger partial charge in [-0.25, -0.2) is 0 Å². The molecule has 1 aromatic heterocycles. The van der Waals surface area contributed by atoms with Gasteiger partial charge in [0.05, 0.1) is 0 Å². The van der Waals surface area contributed by atoms with Gasteiger partial charge in [0.15, 0.2) is 0 Å². The van der Waals surface area contributed by atoms with Gasteiger partial charge in [-0.05, 0) is 58.0 Å². The summed E-state index contributed by atoms with van der Waals surface area (Å²) in [5, 5.41) is 17.7. The number of nitrogens with one attached hydrogen (secondary N) is 3. The maximum absolute atomic E-state index is 4.09. The molecule has 0 saturated heterocycles. The maximum Gasteiger partial charge on any atom is 0.113 e. The molecule has 1 aromatic carbocycles. The van der Waals surface area contributed by atoms with Gasteiger partial charge in [0, 0.05) is 12.1 Å². The van der Waals surface area contributed by atoms with Crippen LogP contribution in [0.5, 0.6) is 0 Å². The number of hydrogen-bond donors (Lipinski definition) is 3. The molecule has 0 atom stereocenters. The molecule has 2 rings (SSSR count). The number of H-pyrrole nitrogens is 1. The van der Waals surface area contributed by atoms with E-state index in [9.17, 15) is 0 Å². The molecule has 5 nitrogen and oxygen atoms in total. The number of fused-ring (bicyclic) bond motifs is 1. The van der Waals surface area contributed by atoms with E-state index in [-0.39, 0.29) is 5.54 Å². The van der Waals surface area contributed by atoms with E-state index in [1.807, 2.05) is 6.07 Å². The van der Waals surface area contributed by atoms with Crippen molar-refractivity contribution < 1.29 is 0 Å². The summed E-state index contributed by atoms with van der Waals surface area (Å²) < 4.78 is 0. The van der Waals surface area contributed by atoms with Crippen LogP contribution >= 0.6 is 0 Å². The van der Waals surface area contributed by atoms with Gasteiger partial charge in [0.1, 0.15) is 11.0 Å². The molecule has 0 radical (unpaired) electrons. The summed E-state index contributed by atoms with van der Waals surface area (Å²) in [6, 6.07) is 6.15. The quantitative estimate of drug-likeness (QED) is 0.694. The molecule has 0 aliphatic rings. The van der Waals surface area contributed by atoms with Crippen LogP contribution in [0, 0.1) is 0 Å². The Labute approximate surface area is 114 Å². The van der Waals surface area contributed by atoms with E-state index < -0.39 is 0 Å². The lowest BCUT2D eigenvalue weighted by Gasteiger charge is -2.20. The topological polar surface area (TPSA) is 65.6 Å². The fourth-order valence-electron chi connectivity index (χ4n) is 1.91. The highest BCUT2D eigenvalue weighted by Gasteiger charge is 2.06. The van der Waals surface area contributed by atoms with Crippen molar-refractivity contribution in [2.75, 3.05) is 13.1 Å². The van der Waals surface area contributed by atoms with Crippen LogP contribution in [0.3, 0.4) is 0 Å². The molecule has 5 heteroatoms. The van der Waals surface area contributed by atoms with Gasteiger partial charge < -0.3 is 10.6 Å². The summed E-state index contributed by atoms with van der Waals surface area (Å²) in [5.41, 5.74) is 3.29. The summed E-state index contributed by atoms with van der Waals surface area (Å²) in [4.78, 5) is 0. The van der Waals surface area contributed by atoms with Crippen LogP contribution in [-0.4, -0.2) is 34.0 Å². The largest absolute Gasteiger partial charge is 0.313 e. The van der Waals surface area contributed by atoms with Crippen LogP contribution < -0.4 is 10.6 Å². The van der Waals surface area contributed by atoms with Crippen molar-refractivity contribution in [2.45, 2.75) is 39.3 Å². The van der Waals surface area contributed by atoms with Crippen LogP contribution in [0.1, 0.15) is 32.8 Å². The van der Waals surface area contributed by atoms with Crippen molar-refractivity contribution in [2.24, 2.45) is 0 Å². The minimum absolute atomic E-state index is 0.206. The summed E-state index contributed by atoms with van der Waals surface area (Å²) in [6.45, 7) is 9.49. The predicted octanol–water partition coefficient (Wildman–Crippen LogP) is 1.83. The van der Waals surface area contributed by atoms with E-state index in [1.165, 1.54) is 5.56 Å². The molecular formula is C14H23N5. The van der Waals surface area contributed by atoms with Crippen molar-refractivity contribution in [1.82, 2.24) is 26.0 Å². The Morgan fingerprint density at radius 1 is 1.11 bits per heavy atom. The number of benzene rings is 1. The summed E-state index contributed by atoms with van der Waals surface area (Å²) in [7, 11) is 0. The normalized spacial score (nSPS) is 12.2. The van der Waals surface area contributed by atoms with E-state index in [1.54, 1.807) is 0 Å². The van der Waals surface area contributed by atoms with Crippen LogP contribution in [0.4, 0.5) is 0 Å². The average molecular weight is 261 g/mol. The van der Waals surface area contributed by atoms with Gasteiger partial charge in [-0.1, -0.05) is 6.07 Å². The second-order valence-corrected chi connectivity index (χ2v) is 5.85. The van der Waals surface area contributed by atoms with Gasteiger partial charge in [-0.15, -0.1) is 0 Å². The highest BCUT2D eigenvalue weighted by atomic mass is 15.3. The van der Waals surface area contributed by atoms with Crippen LogP contribution in [0.15, 0.2) is 18.2 Å². The Morgan fingerprint density at radius 2 is 1.89 bits per heavy atom. The lowest BCUT2D eigenvalue weighted by Crippen LogP contribution is -2.37. The van der Waals surface area contributed by atoms with Crippen molar-refractivity contribution in [1.29, 1.82) is 0 Å². The van der Waals surface area contributed by atoms with Crippen molar-refractivity contribution in [3.8, 4) is 0 Å². The minimum Gasteiger partial charge on any atom is -0.313 e. The SMILES string of the molecule is CC(C)(C)NCCCNCc1ccc2n[nH]nc2c1. The molecule has 0 bridgehead atoms. The van der Waals surface area contributed by atoms with E-state index in [4.69, 9.17) is 0 Å². The Kier molecular flexibility index (Phi) is 4.50. The maximum atomic E-state index is 4.09. The van der Waals surface area contributed by atoms with Crippen molar-refractivity contribution >= 4 is 11.0 Å². The number of hydrogen-bond acceptors (Lipinski definition) is 4. The molecule has 0 aliphatic carbocycles. The second-order valence-electron chi connectivity index (χ2n) is 5.85. The zero-order chi connectivity index (χ0) is 13.7. The molecule has 1 heterocycles. The first-order valence-corrected chi connectivity index (χ1v) is 6.80. The molecule has 0 saturated carbocycles. The number of rotatable bonds is 6. The molecule has 0 aliphatic heterocycles. The molecule has 0 fully saturated rings. The van der Waals surface area contributed by atoms with Gasteiger partial charge in [-0.3, -0.25) is 0 Å².